The Balaban J connectivity index is 2.85. The molecule has 0 aliphatic carbocycles. The maximum Gasteiger partial charge on any atom is 0.311 e. The van der Waals surface area contributed by atoms with Crippen LogP contribution in [0.1, 0.15) is 86.0 Å². The first kappa shape index (κ1) is 25.0. The molecule has 0 bridgehead atoms. The summed E-state index contributed by atoms with van der Waals surface area (Å²) in [7, 11) is 0. The van der Waals surface area contributed by atoms with E-state index in [0.29, 0.717) is 37.0 Å². The highest BCUT2D eigenvalue weighted by Crippen LogP contribution is 2.38. The lowest BCUT2D eigenvalue weighted by atomic mass is 10.1. The molecule has 1 aromatic rings. The smallest absolute Gasteiger partial charge is 0.311 e. The van der Waals surface area contributed by atoms with Crippen molar-refractivity contribution in [3.63, 3.8) is 0 Å². The van der Waals surface area contributed by atoms with Crippen LogP contribution in [0.5, 0.6) is 17.2 Å². The molecule has 0 aliphatic heterocycles. The summed E-state index contributed by atoms with van der Waals surface area (Å²) in [5.41, 5.74) is 0. The summed E-state index contributed by atoms with van der Waals surface area (Å²) in [5, 5.41) is 0. The average molecular weight is 407 g/mol. The molecule has 0 radical (unpaired) electrons. The maximum absolute atomic E-state index is 12.3. The number of carbonyl (C=O) groups excluding carboxylic acids is 2. The van der Waals surface area contributed by atoms with Crippen LogP contribution in [0.2, 0.25) is 0 Å². The van der Waals surface area contributed by atoms with Gasteiger partial charge >= 0.3 is 11.9 Å². The molecule has 0 aromatic heterocycles. The minimum absolute atomic E-state index is 0.204. The van der Waals surface area contributed by atoms with Crippen LogP contribution < -0.4 is 14.2 Å². The van der Waals surface area contributed by atoms with Crippen LogP contribution in [0, 0.1) is 11.8 Å². The number of carbonyl (C=O) groups is 2. The van der Waals surface area contributed by atoms with Gasteiger partial charge in [-0.25, -0.2) is 0 Å². The van der Waals surface area contributed by atoms with E-state index in [9.17, 15) is 9.59 Å². The largest absolute Gasteiger partial charge is 0.490 e. The monoisotopic (exact) mass is 406 g/mol. The van der Waals surface area contributed by atoms with Crippen LogP contribution in [0.25, 0.3) is 0 Å². The second-order valence-corrected chi connectivity index (χ2v) is 8.31. The zero-order valence-electron chi connectivity index (χ0n) is 18.8. The molecule has 0 unspecified atom stereocenters. The van der Waals surface area contributed by atoms with E-state index in [2.05, 4.69) is 34.6 Å². The Kier molecular flexibility index (Phi) is 12.1. The molecule has 0 aliphatic rings. The predicted octanol–water partition coefficient (Wildman–Crippen LogP) is 6.33. The lowest BCUT2D eigenvalue weighted by molar-refractivity contribution is -0.137. The van der Waals surface area contributed by atoms with E-state index in [1.807, 2.05) is 0 Å². The molecule has 0 heterocycles. The minimum Gasteiger partial charge on any atom is -0.490 e. The first-order chi connectivity index (χ1) is 13.8. The van der Waals surface area contributed by atoms with Gasteiger partial charge in [-0.3, -0.25) is 9.59 Å². The molecule has 29 heavy (non-hydrogen) atoms. The van der Waals surface area contributed by atoms with Gasteiger partial charge in [0.05, 0.1) is 6.61 Å². The summed E-state index contributed by atoms with van der Waals surface area (Å²) in [6.07, 6.45) is 6.00. The second kappa shape index (κ2) is 14.0. The third-order valence-electron chi connectivity index (χ3n) is 4.46. The summed E-state index contributed by atoms with van der Waals surface area (Å²) >= 11 is 0. The molecule has 0 spiro atoms. The summed E-state index contributed by atoms with van der Waals surface area (Å²) in [6.45, 7) is 11.1. The van der Waals surface area contributed by atoms with Gasteiger partial charge in [0.1, 0.15) is 0 Å². The third kappa shape index (κ3) is 10.9. The molecule has 0 amide bonds. The first-order valence-corrected chi connectivity index (χ1v) is 11.0. The number of para-hydroxylation sites is 1. The molecular formula is C24H38O5. The number of rotatable bonds is 14. The molecule has 1 aromatic carbocycles. The normalized spacial score (nSPS) is 11.0. The van der Waals surface area contributed by atoms with Gasteiger partial charge in [-0.05, 0) is 43.2 Å². The van der Waals surface area contributed by atoms with Crippen LogP contribution in [-0.4, -0.2) is 18.5 Å². The fourth-order valence-corrected chi connectivity index (χ4v) is 2.76. The fourth-order valence-electron chi connectivity index (χ4n) is 2.76. The maximum atomic E-state index is 12.3. The lowest BCUT2D eigenvalue weighted by Crippen LogP contribution is -2.13. The molecule has 5 heteroatoms. The summed E-state index contributed by atoms with van der Waals surface area (Å²) in [6, 6.07) is 5.13. The van der Waals surface area contributed by atoms with Gasteiger partial charge in [0.2, 0.25) is 5.75 Å². The number of ether oxygens (including phenoxy) is 3. The predicted molar refractivity (Wildman–Crippen MR) is 115 cm³/mol. The van der Waals surface area contributed by atoms with Crippen molar-refractivity contribution >= 4 is 11.9 Å². The molecule has 0 atom stereocenters. The van der Waals surface area contributed by atoms with Crippen molar-refractivity contribution in [3.05, 3.63) is 18.2 Å². The first-order valence-electron chi connectivity index (χ1n) is 11.0. The average Bonchev–Trinajstić information content (AvgIpc) is 2.63. The van der Waals surface area contributed by atoms with Gasteiger partial charge in [0, 0.05) is 12.8 Å². The van der Waals surface area contributed by atoms with Crippen molar-refractivity contribution in [2.24, 2.45) is 11.8 Å². The van der Waals surface area contributed by atoms with Crippen LogP contribution in [0.4, 0.5) is 0 Å². The minimum atomic E-state index is -0.339. The van der Waals surface area contributed by atoms with Gasteiger partial charge in [-0.2, -0.15) is 0 Å². The lowest BCUT2D eigenvalue weighted by Gasteiger charge is -2.15. The van der Waals surface area contributed by atoms with E-state index < -0.39 is 0 Å². The van der Waals surface area contributed by atoms with Crippen molar-refractivity contribution in [3.8, 4) is 17.2 Å². The Morgan fingerprint density at radius 3 is 1.93 bits per heavy atom. The number of esters is 2. The van der Waals surface area contributed by atoms with Crippen molar-refractivity contribution in [2.45, 2.75) is 86.0 Å². The van der Waals surface area contributed by atoms with E-state index in [1.54, 1.807) is 18.2 Å². The van der Waals surface area contributed by atoms with Crippen LogP contribution in [0.15, 0.2) is 18.2 Å². The standard InChI is InChI=1S/C24H38O5/c1-6-7-17-27-20-13-10-14-21(28-22(25)15-8-11-18(2)3)24(20)29-23(26)16-9-12-19(4)5/h10,13-14,18-19H,6-9,11-12,15-17H2,1-5H3. The van der Waals surface area contributed by atoms with Crippen LogP contribution in [0.3, 0.4) is 0 Å². The van der Waals surface area contributed by atoms with Crippen molar-refractivity contribution < 1.29 is 23.8 Å². The van der Waals surface area contributed by atoms with E-state index in [-0.39, 0.29) is 23.4 Å². The van der Waals surface area contributed by atoms with Gasteiger partial charge in [-0.1, -0.05) is 59.9 Å². The Bertz CT molecular complexity index is 622. The SMILES string of the molecule is CCCCOc1cccc(OC(=O)CCCC(C)C)c1OC(=O)CCCC(C)C. The summed E-state index contributed by atoms with van der Waals surface area (Å²) < 4.78 is 16.9. The van der Waals surface area contributed by atoms with Crippen molar-refractivity contribution in [2.75, 3.05) is 6.61 Å². The van der Waals surface area contributed by atoms with Gasteiger partial charge in [-0.15, -0.1) is 0 Å². The van der Waals surface area contributed by atoms with Gasteiger partial charge < -0.3 is 14.2 Å². The Hall–Kier alpha value is -2.04. The van der Waals surface area contributed by atoms with Crippen LogP contribution >= 0.6 is 0 Å². The Labute approximate surface area is 176 Å². The Morgan fingerprint density at radius 1 is 0.828 bits per heavy atom. The molecule has 0 saturated carbocycles. The van der Waals surface area contributed by atoms with Crippen molar-refractivity contribution in [1.29, 1.82) is 0 Å². The quantitative estimate of drug-likeness (QED) is 0.205. The highest BCUT2D eigenvalue weighted by Gasteiger charge is 2.19. The summed E-state index contributed by atoms with van der Waals surface area (Å²) in [4.78, 5) is 24.6. The zero-order valence-corrected chi connectivity index (χ0v) is 18.8. The number of unbranched alkanes of at least 4 members (excludes halogenated alkanes) is 1. The molecule has 1 rings (SSSR count). The Morgan fingerprint density at radius 2 is 1.38 bits per heavy atom. The second-order valence-electron chi connectivity index (χ2n) is 8.31. The highest BCUT2D eigenvalue weighted by atomic mass is 16.6. The number of benzene rings is 1. The molecule has 5 nitrogen and oxygen atoms in total. The van der Waals surface area contributed by atoms with E-state index in [1.165, 1.54) is 0 Å². The molecule has 164 valence electrons. The van der Waals surface area contributed by atoms with E-state index >= 15 is 0 Å². The highest BCUT2D eigenvalue weighted by molar-refractivity contribution is 5.77. The number of hydrogen-bond donors (Lipinski definition) is 0. The zero-order chi connectivity index (χ0) is 21.6. The molecular weight excluding hydrogens is 368 g/mol. The summed E-state index contributed by atoms with van der Waals surface area (Å²) in [5.74, 6) is 1.29. The van der Waals surface area contributed by atoms with E-state index in [0.717, 1.165) is 38.5 Å². The van der Waals surface area contributed by atoms with Gasteiger partial charge in [0.25, 0.3) is 0 Å². The molecule has 0 fully saturated rings. The van der Waals surface area contributed by atoms with Crippen LogP contribution in [-0.2, 0) is 9.59 Å². The fraction of sp³-hybridized carbons (Fsp3) is 0.667. The van der Waals surface area contributed by atoms with E-state index in [4.69, 9.17) is 14.2 Å². The van der Waals surface area contributed by atoms with Crippen molar-refractivity contribution in [1.82, 2.24) is 0 Å². The molecule has 0 saturated heterocycles. The number of hydrogen-bond acceptors (Lipinski definition) is 5. The molecule has 0 N–H and O–H groups in total. The topological polar surface area (TPSA) is 61.8 Å². The van der Waals surface area contributed by atoms with Gasteiger partial charge in [0.15, 0.2) is 11.5 Å². The third-order valence-corrected chi connectivity index (χ3v) is 4.46.